The molecule has 3 heteroatoms. The number of benzene rings is 1. The normalized spacial score (nSPS) is 19.1. The average molecular weight is 300 g/mol. The molecule has 0 saturated heterocycles. The molecule has 0 aromatic heterocycles. The largest absolute Gasteiger partial charge is 0.314 e. The molecular formula is C14H19BrFN. The Labute approximate surface area is 111 Å². The van der Waals surface area contributed by atoms with Crippen LogP contribution < -0.4 is 5.32 Å². The van der Waals surface area contributed by atoms with Gasteiger partial charge in [0, 0.05) is 10.5 Å². The van der Waals surface area contributed by atoms with Gasteiger partial charge in [0.2, 0.25) is 0 Å². The van der Waals surface area contributed by atoms with E-state index in [0.29, 0.717) is 11.5 Å². The van der Waals surface area contributed by atoms with Crippen molar-refractivity contribution in [3.05, 3.63) is 34.1 Å². The summed E-state index contributed by atoms with van der Waals surface area (Å²) in [7, 11) is 0. The van der Waals surface area contributed by atoms with Crippen molar-refractivity contribution in [1.82, 2.24) is 5.32 Å². The van der Waals surface area contributed by atoms with Crippen LogP contribution in [0, 0.1) is 11.2 Å². The van der Waals surface area contributed by atoms with E-state index in [1.807, 2.05) is 6.07 Å². The molecule has 0 radical (unpaired) electrons. The summed E-state index contributed by atoms with van der Waals surface area (Å²) in [5.41, 5.74) is 1.60. The van der Waals surface area contributed by atoms with Gasteiger partial charge in [-0.2, -0.15) is 0 Å². The van der Waals surface area contributed by atoms with Gasteiger partial charge >= 0.3 is 0 Å². The van der Waals surface area contributed by atoms with Gasteiger partial charge in [0.15, 0.2) is 0 Å². The molecule has 0 aliphatic heterocycles. The molecule has 0 spiro atoms. The Morgan fingerprint density at radius 3 is 2.71 bits per heavy atom. The van der Waals surface area contributed by atoms with E-state index in [9.17, 15) is 4.39 Å². The van der Waals surface area contributed by atoms with Crippen LogP contribution in [0.1, 0.15) is 32.3 Å². The molecule has 1 aliphatic carbocycles. The molecule has 2 rings (SSSR count). The molecular weight excluding hydrogens is 281 g/mol. The van der Waals surface area contributed by atoms with Gasteiger partial charge in [0.1, 0.15) is 5.82 Å². The van der Waals surface area contributed by atoms with Crippen molar-refractivity contribution >= 4 is 15.9 Å². The monoisotopic (exact) mass is 299 g/mol. The zero-order chi connectivity index (χ0) is 12.5. The van der Waals surface area contributed by atoms with E-state index in [1.54, 1.807) is 12.1 Å². The first-order valence-corrected chi connectivity index (χ1v) is 7.04. The predicted octanol–water partition coefficient (Wildman–Crippen LogP) is 3.91. The Balaban J connectivity index is 2.10. The molecule has 0 heterocycles. The third-order valence-corrected chi connectivity index (χ3v) is 4.62. The van der Waals surface area contributed by atoms with Gasteiger partial charge in [-0.05, 0) is 55.8 Å². The minimum Gasteiger partial charge on any atom is -0.314 e. The highest BCUT2D eigenvalue weighted by molar-refractivity contribution is 9.10. The number of hydrogen-bond acceptors (Lipinski definition) is 1. The molecule has 94 valence electrons. The molecule has 1 aromatic rings. The van der Waals surface area contributed by atoms with Gasteiger partial charge in [-0.25, -0.2) is 4.39 Å². The maximum absolute atomic E-state index is 13.0. The topological polar surface area (TPSA) is 12.0 Å². The number of hydrogen-bond donors (Lipinski definition) is 1. The van der Waals surface area contributed by atoms with Crippen molar-refractivity contribution in [3.8, 4) is 0 Å². The van der Waals surface area contributed by atoms with Gasteiger partial charge in [-0.3, -0.25) is 0 Å². The Morgan fingerprint density at radius 2 is 2.18 bits per heavy atom. The smallest absolute Gasteiger partial charge is 0.124 e. The summed E-state index contributed by atoms with van der Waals surface area (Å²) in [5.74, 6) is -0.176. The molecule has 0 amide bonds. The lowest BCUT2D eigenvalue weighted by Gasteiger charge is -2.24. The molecule has 1 N–H and O–H groups in total. The SMILES string of the molecule is CCNC(C)C1(Cc2ccc(F)cc2Br)CC1. The predicted molar refractivity (Wildman–Crippen MR) is 72.6 cm³/mol. The van der Waals surface area contributed by atoms with Crippen LogP contribution in [0.5, 0.6) is 0 Å². The maximum Gasteiger partial charge on any atom is 0.124 e. The van der Waals surface area contributed by atoms with Crippen LogP contribution in [0.3, 0.4) is 0 Å². The van der Waals surface area contributed by atoms with Crippen LogP contribution in [0.25, 0.3) is 0 Å². The summed E-state index contributed by atoms with van der Waals surface area (Å²) in [4.78, 5) is 0. The molecule has 1 unspecified atom stereocenters. The molecule has 1 aliphatic rings. The Hall–Kier alpha value is -0.410. The standard InChI is InChI=1S/C14H19BrFN/c1-3-17-10(2)14(6-7-14)9-11-4-5-12(16)8-13(11)15/h4-5,8,10,17H,3,6-7,9H2,1-2H3. The number of halogens is 2. The summed E-state index contributed by atoms with van der Waals surface area (Å²) in [6.07, 6.45) is 3.57. The third kappa shape index (κ3) is 2.89. The molecule has 1 saturated carbocycles. The Bertz CT molecular complexity index is 401. The second-order valence-corrected chi connectivity index (χ2v) is 5.91. The Kier molecular flexibility index (Phi) is 3.88. The minimum atomic E-state index is -0.176. The fourth-order valence-corrected chi connectivity index (χ4v) is 2.98. The van der Waals surface area contributed by atoms with Crippen molar-refractivity contribution in [1.29, 1.82) is 0 Å². The molecule has 1 atom stereocenters. The lowest BCUT2D eigenvalue weighted by Crippen LogP contribution is -2.36. The molecule has 17 heavy (non-hydrogen) atoms. The van der Waals surface area contributed by atoms with Gasteiger partial charge in [0.25, 0.3) is 0 Å². The second-order valence-electron chi connectivity index (χ2n) is 5.05. The van der Waals surface area contributed by atoms with Gasteiger partial charge in [-0.15, -0.1) is 0 Å². The van der Waals surface area contributed by atoms with Crippen molar-refractivity contribution in [2.24, 2.45) is 5.41 Å². The minimum absolute atomic E-state index is 0.176. The van der Waals surface area contributed by atoms with Crippen LogP contribution in [-0.4, -0.2) is 12.6 Å². The third-order valence-electron chi connectivity index (χ3n) is 3.88. The molecule has 1 aromatic carbocycles. The van der Waals surface area contributed by atoms with E-state index in [2.05, 4.69) is 35.1 Å². The number of rotatable bonds is 5. The fraction of sp³-hybridized carbons (Fsp3) is 0.571. The second kappa shape index (κ2) is 5.07. The lowest BCUT2D eigenvalue weighted by atomic mass is 9.90. The fourth-order valence-electron chi connectivity index (χ4n) is 2.49. The summed E-state index contributed by atoms with van der Waals surface area (Å²) in [6, 6.07) is 5.54. The first-order valence-electron chi connectivity index (χ1n) is 6.25. The van der Waals surface area contributed by atoms with Crippen LogP contribution in [0.15, 0.2) is 22.7 Å². The highest BCUT2D eigenvalue weighted by atomic mass is 79.9. The quantitative estimate of drug-likeness (QED) is 0.869. The molecule has 0 bridgehead atoms. The van der Waals surface area contributed by atoms with Crippen LogP contribution >= 0.6 is 15.9 Å². The first kappa shape index (κ1) is 13.0. The van der Waals surface area contributed by atoms with Crippen LogP contribution in [-0.2, 0) is 6.42 Å². The van der Waals surface area contributed by atoms with Crippen LogP contribution in [0.4, 0.5) is 4.39 Å². The molecule has 1 nitrogen and oxygen atoms in total. The van der Waals surface area contributed by atoms with E-state index in [1.165, 1.54) is 18.4 Å². The van der Waals surface area contributed by atoms with E-state index in [4.69, 9.17) is 0 Å². The lowest BCUT2D eigenvalue weighted by molar-refractivity contribution is 0.355. The van der Waals surface area contributed by atoms with E-state index in [-0.39, 0.29) is 5.82 Å². The van der Waals surface area contributed by atoms with Crippen molar-refractivity contribution in [2.45, 2.75) is 39.2 Å². The summed E-state index contributed by atoms with van der Waals surface area (Å²) < 4.78 is 13.9. The van der Waals surface area contributed by atoms with Gasteiger partial charge < -0.3 is 5.32 Å². The van der Waals surface area contributed by atoms with E-state index in [0.717, 1.165) is 17.4 Å². The van der Waals surface area contributed by atoms with Crippen molar-refractivity contribution < 1.29 is 4.39 Å². The number of nitrogens with one attached hydrogen (secondary N) is 1. The van der Waals surface area contributed by atoms with Gasteiger partial charge in [0.05, 0.1) is 0 Å². The first-order chi connectivity index (χ1) is 8.07. The maximum atomic E-state index is 13.0. The highest BCUT2D eigenvalue weighted by Gasteiger charge is 2.46. The summed E-state index contributed by atoms with van der Waals surface area (Å²) in [6.45, 7) is 5.40. The van der Waals surface area contributed by atoms with E-state index >= 15 is 0 Å². The van der Waals surface area contributed by atoms with Crippen LogP contribution in [0.2, 0.25) is 0 Å². The summed E-state index contributed by atoms with van der Waals surface area (Å²) in [5, 5.41) is 3.51. The van der Waals surface area contributed by atoms with Crippen molar-refractivity contribution in [2.75, 3.05) is 6.54 Å². The Morgan fingerprint density at radius 1 is 1.47 bits per heavy atom. The van der Waals surface area contributed by atoms with E-state index < -0.39 is 0 Å². The van der Waals surface area contributed by atoms with Gasteiger partial charge in [-0.1, -0.05) is 28.9 Å². The zero-order valence-corrected chi connectivity index (χ0v) is 12.0. The zero-order valence-electron chi connectivity index (χ0n) is 10.4. The van der Waals surface area contributed by atoms with Crippen molar-refractivity contribution in [3.63, 3.8) is 0 Å². The summed E-state index contributed by atoms with van der Waals surface area (Å²) >= 11 is 3.46. The highest BCUT2D eigenvalue weighted by Crippen LogP contribution is 2.51. The average Bonchev–Trinajstić information content (AvgIpc) is 3.04. The molecule has 1 fully saturated rings.